The van der Waals surface area contributed by atoms with Crippen molar-refractivity contribution < 1.29 is 18.7 Å². The second-order valence-electron chi connectivity index (χ2n) is 6.49. The first-order valence-electron chi connectivity index (χ1n) is 9.08. The van der Waals surface area contributed by atoms with Gasteiger partial charge in [0.1, 0.15) is 11.9 Å². The molecular formula is C21H23FN2O3. The molecule has 1 atom stereocenters. The number of amides is 2. The Hall–Kier alpha value is -2.73. The topological polar surface area (TPSA) is 58.6 Å². The van der Waals surface area contributed by atoms with Crippen LogP contribution in [0.25, 0.3) is 0 Å². The molecule has 2 amide bonds. The van der Waals surface area contributed by atoms with Crippen molar-refractivity contribution in [1.82, 2.24) is 0 Å². The van der Waals surface area contributed by atoms with Crippen LogP contribution in [0.1, 0.15) is 35.7 Å². The van der Waals surface area contributed by atoms with Crippen molar-refractivity contribution in [2.75, 3.05) is 23.9 Å². The molecule has 1 heterocycles. The van der Waals surface area contributed by atoms with Crippen LogP contribution in [0.2, 0.25) is 0 Å². The van der Waals surface area contributed by atoms with Gasteiger partial charge in [-0.05, 0) is 61.2 Å². The predicted octanol–water partition coefficient (Wildman–Crippen LogP) is 3.78. The summed E-state index contributed by atoms with van der Waals surface area (Å²) in [5.41, 5.74) is 2.78. The average Bonchev–Trinajstić information content (AvgIpc) is 2.69. The van der Waals surface area contributed by atoms with Crippen molar-refractivity contribution in [3.63, 3.8) is 0 Å². The van der Waals surface area contributed by atoms with Crippen LogP contribution in [0.3, 0.4) is 0 Å². The van der Waals surface area contributed by atoms with E-state index in [0.29, 0.717) is 24.2 Å². The molecule has 0 fully saturated rings. The molecule has 142 valence electrons. The number of nitrogens with zero attached hydrogens (tertiary/aromatic N) is 1. The van der Waals surface area contributed by atoms with Crippen LogP contribution in [-0.2, 0) is 16.0 Å². The third-order valence-corrected chi connectivity index (χ3v) is 4.80. The first-order chi connectivity index (χ1) is 13.0. The fraction of sp³-hybridized carbons (Fsp3) is 0.333. The lowest BCUT2D eigenvalue weighted by molar-refractivity contribution is -0.128. The fourth-order valence-electron chi connectivity index (χ4n) is 3.38. The van der Waals surface area contributed by atoms with Gasteiger partial charge in [0.2, 0.25) is 0 Å². The Morgan fingerprint density at radius 3 is 2.63 bits per heavy atom. The molecule has 0 saturated heterocycles. The number of rotatable bonds is 5. The van der Waals surface area contributed by atoms with Gasteiger partial charge < -0.3 is 15.0 Å². The number of hydrogen-bond acceptors (Lipinski definition) is 3. The Bertz CT molecular complexity index is 832. The normalized spacial score (nSPS) is 14.4. The van der Waals surface area contributed by atoms with Crippen molar-refractivity contribution in [3.05, 3.63) is 59.4 Å². The Morgan fingerprint density at radius 2 is 1.96 bits per heavy atom. The number of fused-ring (bicyclic) bond motifs is 1. The summed E-state index contributed by atoms with van der Waals surface area (Å²) in [5, 5.41) is 2.89. The molecule has 0 radical (unpaired) electrons. The number of carbonyl (C=O) groups is 2. The van der Waals surface area contributed by atoms with Crippen molar-refractivity contribution >= 4 is 23.2 Å². The summed E-state index contributed by atoms with van der Waals surface area (Å²) in [6.45, 7) is 2.54. The van der Waals surface area contributed by atoms with Crippen LogP contribution in [0.15, 0.2) is 42.5 Å². The van der Waals surface area contributed by atoms with Gasteiger partial charge in [0.15, 0.2) is 0 Å². The highest BCUT2D eigenvalue weighted by molar-refractivity contribution is 6.06. The van der Waals surface area contributed by atoms with E-state index in [1.165, 1.54) is 31.4 Å². The van der Waals surface area contributed by atoms with Crippen LogP contribution in [0.5, 0.6) is 0 Å². The number of anilines is 2. The smallest absolute Gasteiger partial charge is 0.256 e. The highest BCUT2D eigenvalue weighted by atomic mass is 19.1. The van der Waals surface area contributed by atoms with Gasteiger partial charge in [-0.1, -0.05) is 13.0 Å². The lowest BCUT2D eigenvalue weighted by atomic mass is 9.98. The van der Waals surface area contributed by atoms with Crippen LogP contribution in [0, 0.1) is 5.82 Å². The molecule has 27 heavy (non-hydrogen) atoms. The molecule has 6 heteroatoms. The lowest BCUT2D eigenvalue weighted by Gasteiger charge is -2.32. The van der Waals surface area contributed by atoms with Crippen LogP contribution in [-0.4, -0.2) is 31.6 Å². The molecule has 5 nitrogen and oxygen atoms in total. The molecule has 1 unspecified atom stereocenters. The van der Waals surface area contributed by atoms with Gasteiger partial charge in [-0.25, -0.2) is 4.39 Å². The first kappa shape index (κ1) is 19.0. The van der Waals surface area contributed by atoms with E-state index in [1.807, 2.05) is 25.1 Å². The molecule has 0 bridgehead atoms. The van der Waals surface area contributed by atoms with E-state index in [9.17, 15) is 14.0 Å². The lowest BCUT2D eigenvalue weighted by Crippen LogP contribution is -2.42. The van der Waals surface area contributed by atoms with E-state index < -0.39 is 6.10 Å². The van der Waals surface area contributed by atoms with E-state index in [1.54, 1.807) is 4.90 Å². The third kappa shape index (κ3) is 4.01. The van der Waals surface area contributed by atoms with E-state index in [2.05, 4.69) is 5.32 Å². The maximum atomic E-state index is 13.1. The molecule has 0 aliphatic carbocycles. The number of hydrogen-bond donors (Lipinski definition) is 1. The minimum Gasteiger partial charge on any atom is -0.372 e. The van der Waals surface area contributed by atoms with Gasteiger partial charge in [-0.3, -0.25) is 9.59 Å². The highest BCUT2D eigenvalue weighted by Crippen LogP contribution is 2.33. The van der Waals surface area contributed by atoms with Crippen molar-refractivity contribution in [2.24, 2.45) is 0 Å². The summed E-state index contributed by atoms with van der Waals surface area (Å²) < 4.78 is 18.4. The standard InChI is InChI=1S/C21H23FN2O3/c1-3-19(27-2)21(26)24-13-5-6-16-17(7-4-8-18(16)24)23-20(25)14-9-11-15(22)12-10-14/h4,7-12,19H,3,5-6,13H2,1-2H3,(H,23,25). The summed E-state index contributed by atoms with van der Waals surface area (Å²) in [5.74, 6) is -0.764. The van der Waals surface area contributed by atoms with Crippen molar-refractivity contribution in [1.29, 1.82) is 0 Å². The SMILES string of the molecule is CCC(OC)C(=O)N1CCCc2c(NC(=O)c3ccc(F)cc3)cccc21. The van der Waals surface area contributed by atoms with E-state index >= 15 is 0 Å². The summed E-state index contributed by atoms with van der Waals surface area (Å²) in [6.07, 6.45) is 1.70. The first-order valence-corrected chi connectivity index (χ1v) is 9.08. The molecule has 0 aromatic heterocycles. The maximum Gasteiger partial charge on any atom is 0.256 e. The monoisotopic (exact) mass is 370 g/mol. The van der Waals surface area contributed by atoms with Crippen LogP contribution >= 0.6 is 0 Å². The second-order valence-corrected chi connectivity index (χ2v) is 6.49. The largest absolute Gasteiger partial charge is 0.372 e. The highest BCUT2D eigenvalue weighted by Gasteiger charge is 2.29. The van der Waals surface area contributed by atoms with Crippen LogP contribution < -0.4 is 10.2 Å². The number of methoxy groups -OCH3 is 1. The average molecular weight is 370 g/mol. The Balaban J connectivity index is 1.87. The molecule has 3 rings (SSSR count). The quantitative estimate of drug-likeness (QED) is 0.871. The molecule has 1 N–H and O–H groups in total. The van der Waals surface area contributed by atoms with Crippen molar-refractivity contribution in [3.8, 4) is 0 Å². The fourth-order valence-corrected chi connectivity index (χ4v) is 3.38. The van der Waals surface area contributed by atoms with Gasteiger partial charge in [0.25, 0.3) is 11.8 Å². The second kappa shape index (κ2) is 8.31. The summed E-state index contributed by atoms with van der Waals surface area (Å²) in [4.78, 5) is 27.0. The Morgan fingerprint density at radius 1 is 1.22 bits per heavy atom. The molecule has 1 aliphatic rings. The minimum atomic E-state index is -0.478. The Labute approximate surface area is 158 Å². The number of benzene rings is 2. The van der Waals surface area contributed by atoms with Crippen molar-refractivity contribution in [2.45, 2.75) is 32.3 Å². The maximum absolute atomic E-state index is 13.1. The van der Waals surface area contributed by atoms with Crippen LogP contribution in [0.4, 0.5) is 15.8 Å². The number of carbonyl (C=O) groups excluding carboxylic acids is 2. The van der Waals surface area contributed by atoms with Gasteiger partial charge in [0.05, 0.1) is 0 Å². The zero-order valence-corrected chi connectivity index (χ0v) is 15.5. The number of ether oxygens (including phenoxy) is 1. The van der Waals surface area contributed by atoms with E-state index in [4.69, 9.17) is 4.74 Å². The summed E-state index contributed by atoms with van der Waals surface area (Å²) in [6, 6.07) is 10.9. The zero-order chi connectivity index (χ0) is 19.4. The molecule has 2 aromatic carbocycles. The third-order valence-electron chi connectivity index (χ3n) is 4.80. The van der Waals surface area contributed by atoms with Gasteiger partial charge in [-0.2, -0.15) is 0 Å². The summed E-state index contributed by atoms with van der Waals surface area (Å²) >= 11 is 0. The molecule has 1 aliphatic heterocycles. The zero-order valence-electron chi connectivity index (χ0n) is 15.5. The minimum absolute atomic E-state index is 0.0667. The van der Waals surface area contributed by atoms with E-state index in [0.717, 1.165) is 24.1 Å². The van der Waals surface area contributed by atoms with Gasteiger partial charge in [0, 0.05) is 30.6 Å². The summed E-state index contributed by atoms with van der Waals surface area (Å²) in [7, 11) is 1.54. The number of nitrogens with one attached hydrogen (secondary N) is 1. The molecule has 0 saturated carbocycles. The Kier molecular flexibility index (Phi) is 5.86. The van der Waals surface area contributed by atoms with Gasteiger partial charge in [-0.15, -0.1) is 0 Å². The number of halogens is 1. The van der Waals surface area contributed by atoms with E-state index in [-0.39, 0.29) is 17.6 Å². The molecular weight excluding hydrogens is 347 g/mol. The molecule has 0 spiro atoms. The predicted molar refractivity (Wildman–Crippen MR) is 103 cm³/mol. The van der Waals surface area contributed by atoms with Gasteiger partial charge >= 0.3 is 0 Å². The molecule has 2 aromatic rings.